The number of hydrogen-bond donors (Lipinski definition) is 1. The highest BCUT2D eigenvalue weighted by Gasteiger charge is 2.07. The molecule has 1 aromatic heterocycles. The van der Waals surface area contributed by atoms with Crippen molar-refractivity contribution in [3.05, 3.63) is 47.7 Å². The van der Waals surface area contributed by atoms with Crippen molar-refractivity contribution >= 4 is 5.95 Å². The summed E-state index contributed by atoms with van der Waals surface area (Å²) in [7, 11) is 1.96. The van der Waals surface area contributed by atoms with E-state index < -0.39 is 0 Å². The molecule has 2 N–H and O–H groups in total. The van der Waals surface area contributed by atoms with E-state index in [0.29, 0.717) is 25.0 Å². The van der Waals surface area contributed by atoms with Crippen LogP contribution < -0.4 is 15.4 Å². The molecule has 0 aliphatic rings. The van der Waals surface area contributed by atoms with Gasteiger partial charge < -0.3 is 15.4 Å². The summed E-state index contributed by atoms with van der Waals surface area (Å²) in [6.45, 7) is 3.81. The first-order valence-corrected chi connectivity index (χ1v) is 6.67. The zero-order valence-electron chi connectivity index (χ0n) is 11.9. The molecule has 0 atom stereocenters. The molecule has 0 spiro atoms. The molecule has 0 aliphatic heterocycles. The van der Waals surface area contributed by atoms with E-state index in [0.717, 1.165) is 12.1 Å². The molecule has 1 aromatic carbocycles. The molecule has 0 aliphatic carbocycles. The van der Waals surface area contributed by atoms with Gasteiger partial charge in [0.15, 0.2) is 0 Å². The Labute approximate surface area is 119 Å². The first kappa shape index (κ1) is 14.3. The predicted octanol–water partition coefficient (Wildman–Crippen LogP) is 1.97. The largest absolute Gasteiger partial charge is 0.478 e. The van der Waals surface area contributed by atoms with Gasteiger partial charge in [-0.15, -0.1) is 0 Å². The van der Waals surface area contributed by atoms with Crippen LogP contribution in [0.15, 0.2) is 36.5 Å². The van der Waals surface area contributed by atoms with Crippen LogP contribution in [-0.2, 0) is 13.1 Å². The molecule has 0 radical (unpaired) electrons. The average Bonchev–Trinajstić information content (AvgIpc) is 2.48. The highest BCUT2D eigenvalue weighted by atomic mass is 16.5. The second kappa shape index (κ2) is 6.86. The minimum atomic E-state index is 0.549. The maximum Gasteiger partial charge on any atom is 0.228 e. The Balaban J connectivity index is 2.10. The molecule has 0 fully saturated rings. The standard InChI is InChI=1S/C15H20N4O/c1-3-20-14-7-8-17-15(18-14)19(2)11-13-6-4-5-12(9-13)10-16/h4-9H,3,10-11,16H2,1-2H3. The van der Waals surface area contributed by atoms with Gasteiger partial charge in [0.1, 0.15) is 0 Å². The molecule has 1 heterocycles. The van der Waals surface area contributed by atoms with Crippen LogP contribution in [0.2, 0.25) is 0 Å². The summed E-state index contributed by atoms with van der Waals surface area (Å²) in [5, 5.41) is 0. The van der Waals surface area contributed by atoms with Gasteiger partial charge in [0, 0.05) is 32.4 Å². The smallest absolute Gasteiger partial charge is 0.228 e. The Kier molecular flexibility index (Phi) is 4.90. The van der Waals surface area contributed by atoms with Gasteiger partial charge >= 0.3 is 0 Å². The van der Waals surface area contributed by atoms with Crippen molar-refractivity contribution in [3.63, 3.8) is 0 Å². The Hall–Kier alpha value is -2.14. The highest BCUT2D eigenvalue weighted by molar-refractivity contribution is 5.34. The Morgan fingerprint density at radius 3 is 2.80 bits per heavy atom. The predicted molar refractivity (Wildman–Crippen MR) is 79.6 cm³/mol. The fraction of sp³-hybridized carbons (Fsp3) is 0.333. The van der Waals surface area contributed by atoms with Gasteiger partial charge in [0.05, 0.1) is 6.61 Å². The second-order valence-electron chi connectivity index (χ2n) is 4.51. The first-order valence-electron chi connectivity index (χ1n) is 6.67. The monoisotopic (exact) mass is 272 g/mol. The van der Waals surface area contributed by atoms with Crippen LogP contribution >= 0.6 is 0 Å². The molecule has 5 nitrogen and oxygen atoms in total. The Morgan fingerprint density at radius 1 is 1.25 bits per heavy atom. The summed E-state index contributed by atoms with van der Waals surface area (Å²) in [5.41, 5.74) is 7.97. The summed E-state index contributed by atoms with van der Waals surface area (Å²) in [5.74, 6) is 1.24. The number of ether oxygens (including phenoxy) is 1. The minimum Gasteiger partial charge on any atom is -0.478 e. The van der Waals surface area contributed by atoms with Crippen molar-refractivity contribution in [1.82, 2.24) is 9.97 Å². The van der Waals surface area contributed by atoms with E-state index in [2.05, 4.69) is 22.1 Å². The lowest BCUT2D eigenvalue weighted by atomic mass is 10.1. The average molecular weight is 272 g/mol. The van der Waals surface area contributed by atoms with E-state index >= 15 is 0 Å². The third kappa shape index (κ3) is 3.68. The molecule has 2 aromatic rings. The summed E-state index contributed by atoms with van der Waals surface area (Å²) < 4.78 is 5.39. The number of aromatic nitrogens is 2. The van der Waals surface area contributed by atoms with Crippen LogP contribution in [0, 0.1) is 0 Å². The number of nitrogens with two attached hydrogens (primary N) is 1. The number of hydrogen-bond acceptors (Lipinski definition) is 5. The fourth-order valence-corrected chi connectivity index (χ4v) is 1.94. The van der Waals surface area contributed by atoms with Crippen molar-refractivity contribution < 1.29 is 4.74 Å². The second-order valence-corrected chi connectivity index (χ2v) is 4.51. The van der Waals surface area contributed by atoms with Crippen LogP contribution in [-0.4, -0.2) is 23.6 Å². The third-order valence-corrected chi connectivity index (χ3v) is 2.90. The number of rotatable bonds is 6. The highest BCUT2D eigenvalue weighted by Crippen LogP contribution is 2.14. The summed E-state index contributed by atoms with van der Waals surface area (Å²) in [6, 6.07) is 9.97. The lowest BCUT2D eigenvalue weighted by Crippen LogP contribution is -2.19. The van der Waals surface area contributed by atoms with Crippen molar-refractivity contribution in [2.75, 3.05) is 18.6 Å². The molecule has 0 unspecified atom stereocenters. The van der Waals surface area contributed by atoms with E-state index in [4.69, 9.17) is 10.5 Å². The molecule has 20 heavy (non-hydrogen) atoms. The van der Waals surface area contributed by atoms with E-state index in [9.17, 15) is 0 Å². The minimum absolute atomic E-state index is 0.549. The quantitative estimate of drug-likeness (QED) is 0.871. The van der Waals surface area contributed by atoms with Gasteiger partial charge in [-0.2, -0.15) is 4.98 Å². The molecular weight excluding hydrogens is 252 g/mol. The van der Waals surface area contributed by atoms with E-state index in [1.54, 1.807) is 12.3 Å². The molecule has 2 rings (SSSR count). The molecule has 5 heteroatoms. The number of benzene rings is 1. The van der Waals surface area contributed by atoms with Gasteiger partial charge in [-0.1, -0.05) is 24.3 Å². The first-order chi connectivity index (χ1) is 9.72. The molecule has 106 valence electrons. The zero-order valence-corrected chi connectivity index (χ0v) is 11.9. The summed E-state index contributed by atoms with van der Waals surface area (Å²) in [4.78, 5) is 10.6. The molecule has 0 bridgehead atoms. The van der Waals surface area contributed by atoms with E-state index in [1.807, 2.05) is 31.0 Å². The van der Waals surface area contributed by atoms with Gasteiger partial charge in [0.25, 0.3) is 0 Å². The van der Waals surface area contributed by atoms with Crippen LogP contribution in [0.3, 0.4) is 0 Å². The Morgan fingerprint density at radius 2 is 2.05 bits per heavy atom. The Bertz CT molecular complexity index is 559. The van der Waals surface area contributed by atoms with Gasteiger partial charge in [-0.25, -0.2) is 4.98 Å². The van der Waals surface area contributed by atoms with Crippen LogP contribution in [0.5, 0.6) is 5.88 Å². The maximum absolute atomic E-state index is 5.66. The van der Waals surface area contributed by atoms with Gasteiger partial charge in [-0.3, -0.25) is 0 Å². The van der Waals surface area contributed by atoms with Crippen LogP contribution in [0.4, 0.5) is 5.95 Å². The molecular formula is C15H20N4O. The molecule has 0 saturated heterocycles. The van der Waals surface area contributed by atoms with Crippen molar-refractivity contribution in [1.29, 1.82) is 0 Å². The lowest BCUT2D eigenvalue weighted by molar-refractivity contribution is 0.326. The number of anilines is 1. The van der Waals surface area contributed by atoms with Gasteiger partial charge in [-0.05, 0) is 18.1 Å². The summed E-state index contributed by atoms with van der Waals surface area (Å²) >= 11 is 0. The van der Waals surface area contributed by atoms with Crippen LogP contribution in [0.1, 0.15) is 18.1 Å². The molecule has 0 amide bonds. The van der Waals surface area contributed by atoms with Crippen LogP contribution in [0.25, 0.3) is 0 Å². The van der Waals surface area contributed by atoms with Crippen molar-refractivity contribution in [2.24, 2.45) is 5.73 Å². The number of nitrogens with zero attached hydrogens (tertiary/aromatic N) is 3. The third-order valence-electron chi connectivity index (χ3n) is 2.90. The SMILES string of the molecule is CCOc1ccnc(N(C)Cc2cccc(CN)c2)n1. The molecule has 0 saturated carbocycles. The van der Waals surface area contributed by atoms with E-state index in [1.165, 1.54) is 5.56 Å². The topological polar surface area (TPSA) is 64.3 Å². The van der Waals surface area contributed by atoms with Crippen molar-refractivity contribution in [2.45, 2.75) is 20.0 Å². The zero-order chi connectivity index (χ0) is 14.4. The fourth-order valence-electron chi connectivity index (χ4n) is 1.94. The maximum atomic E-state index is 5.66. The van der Waals surface area contributed by atoms with Crippen molar-refractivity contribution in [3.8, 4) is 5.88 Å². The van der Waals surface area contributed by atoms with Gasteiger partial charge in [0.2, 0.25) is 11.8 Å². The lowest BCUT2D eigenvalue weighted by Gasteiger charge is -2.17. The summed E-state index contributed by atoms with van der Waals surface area (Å²) in [6.07, 6.45) is 1.71. The van der Waals surface area contributed by atoms with E-state index in [-0.39, 0.29) is 0 Å². The normalized spacial score (nSPS) is 10.3.